The van der Waals surface area contributed by atoms with Gasteiger partial charge in [-0.2, -0.15) is 0 Å². The maximum absolute atomic E-state index is 8.80. The lowest BCUT2D eigenvalue weighted by Gasteiger charge is -2.37. The summed E-state index contributed by atoms with van der Waals surface area (Å²) in [7, 11) is 0. The Balaban J connectivity index is 1.84. The van der Waals surface area contributed by atoms with E-state index < -0.39 is 0 Å². The van der Waals surface area contributed by atoms with Crippen molar-refractivity contribution in [3.8, 4) is 0 Å². The topological polar surface area (TPSA) is 94.9 Å². The molecule has 7 nitrogen and oxygen atoms in total. The molecule has 0 amide bonds. The Kier molecular flexibility index (Phi) is 3.16. The number of hydrogen-bond donors (Lipinski definition) is 2. The van der Waals surface area contributed by atoms with Crippen LogP contribution in [0.25, 0.3) is 0 Å². The summed E-state index contributed by atoms with van der Waals surface area (Å²) >= 11 is 0. The Bertz CT molecular complexity index is 479. The van der Waals surface area contributed by atoms with E-state index in [1.165, 1.54) is 0 Å². The normalized spacial score (nSPS) is 32.0. The van der Waals surface area contributed by atoms with E-state index in [-0.39, 0.29) is 17.5 Å². The van der Waals surface area contributed by atoms with E-state index in [1.54, 1.807) is 6.20 Å². The molecule has 2 fully saturated rings. The van der Waals surface area contributed by atoms with E-state index in [0.717, 1.165) is 25.9 Å². The lowest BCUT2D eigenvalue weighted by atomic mass is 9.89. The molecule has 19 heavy (non-hydrogen) atoms. The zero-order valence-corrected chi connectivity index (χ0v) is 10.7. The van der Waals surface area contributed by atoms with Crippen molar-refractivity contribution in [2.75, 3.05) is 19.8 Å². The fourth-order valence-corrected chi connectivity index (χ4v) is 2.95. The maximum atomic E-state index is 8.80. The largest absolute Gasteiger partial charge is 0.409 e. The van der Waals surface area contributed by atoms with Crippen molar-refractivity contribution in [3.05, 3.63) is 18.2 Å². The van der Waals surface area contributed by atoms with Gasteiger partial charge in [0.2, 0.25) is 5.84 Å². The first-order chi connectivity index (χ1) is 9.24. The Labute approximate surface area is 111 Å². The first-order valence-corrected chi connectivity index (χ1v) is 6.46. The molecule has 1 aromatic rings. The summed E-state index contributed by atoms with van der Waals surface area (Å²) in [6.07, 6.45) is 6.23. The minimum absolute atomic E-state index is 0.0354. The minimum atomic E-state index is -0.171. The predicted octanol–water partition coefficient (Wildman–Crippen LogP) is 0.488. The van der Waals surface area contributed by atoms with E-state index in [9.17, 15) is 0 Å². The van der Waals surface area contributed by atoms with Gasteiger partial charge in [0.25, 0.3) is 0 Å². The van der Waals surface area contributed by atoms with Crippen molar-refractivity contribution >= 4 is 5.84 Å². The Morgan fingerprint density at radius 2 is 2.47 bits per heavy atom. The molecule has 0 aromatic carbocycles. The highest BCUT2D eigenvalue weighted by molar-refractivity contribution is 5.93. The van der Waals surface area contributed by atoms with Crippen LogP contribution in [0.2, 0.25) is 0 Å². The van der Waals surface area contributed by atoms with Gasteiger partial charge >= 0.3 is 0 Å². The highest BCUT2D eigenvalue weighted by atomic mass is 16.6. The summed E-state index contributed by atoms with van der Waals surface area (Å²) < 4.78 is 13.3. The lowest BCUT2D eigenvalue weighted by Crippen LogP contribution is -2.41. The van der Waals surface area contributed by atoms with Crippen LogP contribution in [0.5, 0.6) is 0 Å². The summed E-state index contributed by atoms with van der Waals surface area (Å²) in [6, 6.07) is 0.244. The molecule has 2 aliphatic rings. The second kappa shape index (κ2) is 4.82. The molecule has 0 radical (unpaired) electrons. The number of nitrogens with zero attached hydrogens (tertiary/aromatic N) is 3. The summed E-state index contributed by atoms with van der Waals surface area (Å²) in [5.41, 5.74) is 5.48. The van der Waals surface area contributed by atoms with Gasteiger partial charge in [-0.15, -0.1) is 0 Å². The van der Waals surface area contributed by atoms with Crippen molar-refractivity contribution in [1.29, 1.82) is 0 Å². The SMILES string of the molecule is NC(=NO)c1nccn1C1CCOC2(CCOC2)C1. The molecule has 7 heteroatoms. The standard InChI is InChI=1S/C12H18N4O3/c13-10(15-17)11-14-3-4-16(11)9-1-5-19-12(7-9)2-6-18-8-12/h3-4,9,17H,1-2,5-8H2,(H2,13,15). The number of amidine groups is 1. The van der Waals surface area contributed by atoms with E-state index in [1.807, 2.05) is 10.8 Å². The van der Waals surface area contributed by atoms with E-state index in [4.69, 9.17) is 20.4 Å². The minimum Gasteiger partial charge on any atom is -0.409 e. The average Bonchev–Trinajstić information content (AvgIpc) is 3.07. The number of ether oxygens (including phenoxy) is 2. The monoisotopic (exact) mass is 266 g/mol. The Hall–Kier alpha value is -1.60. The zero-order chi connectivity index (χ0) is 13.3. The molecule has 104 valence electrons. The number of aromatic nitrogens is 2. The molecule has 2 aliphatic heterocycles. The van der Waals surface area contributed by atoms with Gasteiger partial charge in [0.15, 0.2) is 5.82 Å². The van der Waals surface area contributed by atoms with Crippen LogP contribution in [-0.2, 0) is 9.47 Å². The van der Waals surface area contributed by atoms with Crippen LogP contribution in [0.4, 0.5) is 0 Å². The summed E-state index contributed by atoms with van der Waals surface area (Å²) in [6.45, 7) is 2.10. The second-order valence-electron chi connectivity index (χ2n) is 5.12. The molecule has 1 spiro atoms. The van der Waals surface area contributed by atoms with Gasteiger partial charge in [-0.1, -0.05) is 5.16 Å². The first kappa shape index (κ1) is 12.4. The van der Waals surface area contributed by atoms with Crippen LogP contribution in [0.3, 0.4) is 0 Å². The van der Waals surface area contributed by atoms with Gasteiger partial charge in [-0.05, 0) is 12.8 Å². The predicted molar refractivity (Wildman–Crippen MR) is 67.1 cm³/mol. The molecule has 1 aromatic heterocycles. The van der Waals surface area contributed by atoms with Crippen molar-refractivity contribution in [2.45, 2.75) is 30.9 Å². The third-order valence-corrected chi connectivity index (χ3v) is 3.93. The molecule has 0 bridgehead atoms. The van der Waals surface area contributed by atoms with Crippen LogP contribution in [0, 0.1) is 0 Å². The van der Waals surface area contributed by atoms with Gasteiger partial charge in [-0.3, -0.25) is 0 Å². The fraction of sp³-hybridized carbons (Fsp3) is 0.667. The van der Waals surface area contributed by atoms with Gasteiger partial charge in [0.1, 0.15) is 0 Å². The number of oxime groups is 1. The molecule has 2 unspecified atom stereocenters. The lowest BCUT2D eigenvalue weighted by molar-refractivity contribution is -0.0949. The van der Waals surface area contributed by atoms with Crippen LogP contribution >= 0.6 is 0 Å². The van der Waals surface area contributed by atoms with E-state index in [0.29, 0.717) is 19.0 Å². The number of nitrogens with two attached hydrogens (primary N) is 1. The fourth-order valence-electron chi connectivity index (χ4n) is 2.95. The maximum Gasteiger partial charge on any atom is 0.206 e. The van der Waals surface area contributed by atoms with Crippen LogP contribution in [-0.4, -0.2) is 46.0 Å². The Morgan fingerprint density at radius 1 is 1.58 bits per heavy atom. The van der Waals surface area contributed by atoms with E-state index in [2.05, 4.69) is 10.1 Å². The molecule has 0 saturated carbocycles. The second-order valence-corrected chi connectivity index (χ2v) is 5.12. The molecule has 0 aliphatic carbocycles. The third-order valence-electron chi connectivity index (χ3n) is 3.93. The van der Waals surface area contributed by atoms with Crippen LogP contribution in [0.1, 0.15) is 31.1 Å². The quantitative estimate of drug-likeness (QED) is 0.351. The third kappa shape index (κ3) is 2.19. The first-order valence-electron chi connectivity index (χ1n) is 6.46. The Morgan fingerprint density at radius 3 is 3.21 bits per heavy atom. The highest BCUT2D eigenvalue weighted by Gasteiger charge is 2.41. The van der Waals surface area contributed by atoms with Crippen LogP contribution in [0.15, 0.2) is 17.5 Å². The summed E-state index contributed by atoms with van der Waals surface area (Å²) in [5.74, 6) is 0.539. The highest BCUT2D eigenvalue weighted by Crippen LogP contribution is 2.38. The zero-order valence-electron chi connectivity index (χ0n) is 10.7. The molecular weight excluding hydrogens is 248 g/mol. The van der Waals surface area contributed by atoms with E-state index >= 15 is 0 Å². The van der Waals surface area contributed by atoms with Crippen molar-refractivity contribution in [1.82, 2.24) is 9.55 Å². The van der Waals surface area contributed by atoms with Crippen molar-refractivity contribution in [3.63, 3.8) is 0 Å². The molecule has 3 rings (SSSR count). The molecule has 3 N–H and O–H groups in total. The number of rotatable bonds is 2. The van der Waals surface area contributed by atoms with Crippen molar-refractivity contribution < 1.29 is 14.7 Å². The average molecular weight is 266 g/mol. The van der Waals surface area contributed by atoms with Crippen molar-refractivity contribution in [2.24, 2.45) is 10.9 Å². The summed E-state index contributed by atoms with van der Waals surface area (Å²) in [4.78, 5) is 4.15. The van der Waals surface area contributed by atoms with Gasteiger partial charge in [-0.25, -0.2) is 4.98 Å². The molecule has 2 atom stereocenters. The number of hydrogen-bond acceptors (Lipinski definition) is 5. The molecule has 2 saturated heterocycles. The van der Waals surface area contributed by atoms with Gasteiger partial charge in [0.05, 0.1) is 12.2 Å². The van der Waals surface area contributed by atoms with Crippen LogP contribution < -0.4 is 5.73 Å². The smallest absolute Gasteiger partial charge is 0.206 e. The summed E-state index contributed by atoms with van der Waals surface area (Å²) in [5, 5.41) is 11.8. The molecular formula is C12H18N4O3. The van der Waals surface area contributed by atoms with Gasteiger partial charge in [0, 0.05) is 38.1 Å². The number of imidazole rings is 1. The van der Waals surface area contributed by atoms with Gasteiger partial charge < -0.3 is 25.0 Å². The molecule has 3 heterocycles.